The molecule has 2 aliphatic rings. The number of para-hydroxylation sites is 1. The van der Waals surface area contributed by atoms with E-state index >= 15 is 0 Å². The summed E-state index contributed by atoms with van der Waals surface area (Å²) in [5.41, 5.74) is 2.74. The lowest BCUT2D eigenvalue weighted by molar-refractivity contribution is -0.384. The van der Waals surface area contributed by atoms with Crippen molar-refractivity contribution >= 4 is 23.0 Å². The predicted octanol–water partition coefficient (Wildman–Crippen LogP) is 5.07. The summed E-state index contributed by atoms with van der Waals surface area (Å²) in [7, 11) is 0. The number of anilines is 1. The lowest BCUT2D eigenvalue weighted by Crippen LogP contribution is -2.29. The van der Waals surface area contributed by atoms with Gasteiger partial charge in [0.05, 0.1) is 11.0 Å². The van der Waals surface area contributed by atoms with Crippen molar-refractivity contribution in [2.24, 2.45) is 5.92 Å². The van der Waals surface area contributed by atoms with Gasteiger partial charge in [0.25, 0.3) is 5.69 Å². The topological polar surface area (TPSA) is 55.2 Å². The molecule has 5 heteroatoms. The van der Waals surface area contributed by atoms with Crippen LogP contribution in [0.25, 0.3) is 0 Å². The van der Waals surface area contributed by atoms with Crippen molar-refractivity contribution in [1.29, 1.82) is 0 Å². The third-order valence-electron chi connectivity index (χ3n) is 4.81. The number of nitrogens with one attached hydrogen (secondary N) is 1. The van der Waals surface area contributed by atoms with Gasteiger partial charge in [0.1, 0.15) is 5.69 Å². The third-order valence-corrected chi connectivity index (χ3v) is 5.16. The molecule has 2 aromatic carbocycles. The molecule has 0 aromatic heterocycles. The van der Waals surface area contributed by atoms with Gasteiger partial charge in [-0.05, 0) is 29.5 Å². The molecule has 0 unspecified atom stereocenters. The molecule has 1 aliphatic heterocycles. The smallest absolute Gasteiger partial charge is 0.292 e. The first-order chi connectivity index (χ1) is 11.2. The van der Waals surface area contributed by atoms with E-state index in [0.717, 1.165) is 17.5 Å². The van der Waals surface area contributed by atoms with Crippen LogP contribution in [0.5, 0.6) is 0 Å². The zero-order chi connectivity index (χ0) is 16.0. The summed E-state index contributed by atoms with van der Waals surface area (Å²) >= 11 is 6.38. The molecule has 0 fully saturated rings. The van der Waals surface area contributed by atoms with E-state index in [1.54, 1.807) is 12.1 Å². The fraction of sp³-hybridized carbons (Fsp3) is 0.222. The van der Waals surface area contributed by atoms with Crippen LogP contribution in [0.15, 0.2) is 54.6 Å². The second-order valence-corrected chi connectivity index (χ2v) is 6.40. The highest BCUT2D eigenvalue weighted by molar-refractivity contribution is 6.31. The van der Waals surface area contributed by atoms with Crippen molar-refractivity contribution in [2.75, 3.05) is 5.32 Å². The lowest BCUT2D eigenvalue weighted by Gasteiger charge is -2.37. The van der Waals surface area contributed by atoms with Crippen molar-refractivity contribution < 1.29 is 4.92 Å². The highest BCUT2D eigenvalue weighted by Gasteiger charge is 2.40. The Morgan fingerprint density at radius 3 is 2.70 bits per heavy atom. The Morgan fingerprint density at radius 1 is 1.13 bits per heavy atom. The standard InChI is InChI=1S/C18H15ClN2O2/c19-15-9-2-1-5-14(15)17-12-7-3-6-11(12)13-8-4-10-16(21(22)23)18(13)20-17/h1-6,8-12,17,20H,7H2/t11-,12+,17+/m1/s1. The van der Waals surface area contributed by atoms with Crippen molar-refractivity contribution in [2.45, 2.75) is 18.4 Å². The Morgan fingerprint density at radius 2 is 1.91 bits per heavy atom. The van der Waals surface area contributed by atoms with Crippen LogP contribution < -0.4 is 5.32 Å². The molecule has 1 aliphatic carbocycles. The molecule has 4 rings (SSSR count). The number of nitro groups is 1. The second kappa shape index (κ2) is 5.39. The molecular weight excluding hydrogens is 312 g/mol. The second-order valence-electron chi connectivity index (χ2n) is 6.00. The van der Waals surface area contributed by atoms with Crippen molar-refractivity contribution in [3.05, 3.63) is 80.9 Å². The van der Waals surface area contributed by atoms with Crippen molar-refractivity contribution in [3.8, 4) is 0 Å². The van der Waals surface area contributed by atoms with Gasteiger partial charge in [-0.3, -0.25) is 10.1 Å². The fourth-order valence-electron chi connectivity index (χ4n) is 3.79. The molecule has 0 bridgehead atoms. The molecular formula is C18H15ClN2O2. The van der Waals surface area contributed by atoms with E-state index < -0.39 is 0 Å². The number of fused-ring (bicyclic) bond motifs is 3. The van der Waals surface area contributed by atoms with Gasteiger partial charge in [-0.2, -0.15) is 0 Å². The number of halogens is 1. The number of nitro benzene ring substituents is 1. The molecule has 0 spiro atoms. The minimum atomic E-state index is -0.325. The highest BCUT2D eigenvalue weighted by atomic mass is 35.5. The van der Waals surface area contributed by atoms with E-state index in [2.05, 4.69) is 17.5 Å². The Balaban J connectivity index is 1.87. The minimum Gasteiger partial charge on any atom is -0.372 e. The van der Waals surface area contributed by atoms with Gasteiger partial charge in [-0.1, -0.05) is 54.1 Å². The lowest BCUT2D eigenvalue weighted by atomic mass is 9.77. The Bertz CT molecular complexity index is 818. The minimum absolute atomic E-state index is 0.0303. The largest absolute Gasteiger partial charge is 0.372 e. The molecule has 0 saturated carbocycles. The average molecular weight is 327 g/mol. The number of hydrogen-bond acceptors (Lipinski definition) is 3. The van der Waals surface area contributed by atoms with Crippen LogP contribution in [0.3, 0.4) is 0 Å². The maximum atomic E-state index is 11.4. The number of hydrogen-bond donors (Lipinski definition) is 1. The summed E-state index contributed by atoms with van der Waals surface area (Å²) in [6, 6.07) is 13.0. The van der Waals surface area contributed by atoms with Crippen LogP contribution >= 0.6 is 11.6 Å². The maximum absolute atomic E-state index is 11.4. The van der Waals surface area contributed by atoms with Gasteiger partial charge in [0.15, 0.2) is 0 Å². The van der Waals surface area contributed by atoms with Gasteiger partial charge >= 0.3 is 0 Å². The van der Waals surface area contributed by atoms with Crippen LogP contribution in [0.1, 0.15) is 29.5 Å². The number of allylic oxidation sites excluding steroid dienone is 2. The molecule has 4 nitrogen and oxygen atoms in total. The van der Waals surface area contributed by atoms with Crippen LogP contribution in [-0.4, -0.2) is 4.92 Å². The molecule has 23 heavy (non-hydrogen) atoms. The number of rotatable bonds is 2. The molecule has 1 heterocycles. The maximum Gasteiger partial charge on any atom is 0.292 e. The Hall–Kier alpha value is -2.33. The first kappa shape index (κ1) is 14.3. The molecule has 2 aromatic rings. The van der Waals surface area contributed by atoms with E-state index in [4.69, 9.17) is 11.6 Å². The normalized spacial score (nSPS) is 24.7. The van der Waals surface area contributed by atoms with Gasteiger partial charge in [0, 0.05) is 17.0 Å². The molecule has 0 radical (unpaired) electrons. The summed E-state index contributed by atoms with van der Waals surface area (Å²) in [6.45, 7) is 0. The van der Waals surface area contributed by atoms with E-state index in [0.29, 0.717) is 16.6 Å². The van der Waals surface area contributed by atoms with Gasteiger partial charge in [-0.25, -0.2) is 0 Å². The molecule has 1 N–H and O–H groups in total. The predicted molar refractivity (Wildman–Crippen MR) is 90.9 cm³/mol. The van der Waals surface area contributed by atoms with E-state index in [1.807, 2.05) is 30.3 Å². The highest BCUT2D eigenvalue weighted by Crippen LogP contribution is 2.52. The third kappa shape index (κ3) is 2.21. The molecule has 3 atom stereocenters. The first-order valence-electron chi connectivity index (χ1n) is 7.61. The average Bonchev–Trinajstić information content (AvgIpc) is 3.04. The van der Waals surface area contributed by atoms with Gasteiger partial charge < -0.3 is 5.32 Å². The zero-order valence-corrected chi connectivity index (χ0v) is 13.0. The van der Waals surface area contributed by atoms with Crippen LogP contribution in [0.2, 0.25) is 5.02 Å². The zero-order valence-electron chi connectivity index (χ0n) is 12.3. The molecule has 0 saturated heterocycles. The Kier molecular flexibility index (Phi) is 3.34. The number of benzene rings is 2. The fourth-order valence-corrected chi connectivity index (χ4v) is 4.05. The summed E-state index contributed by atoms with van der Waals surface area (Å²) in [5.74, 6) is 0.511. The Labute approximate surface area is 138 Å². The van der Waals surface area contributed by atoms with Gasteiger partial charge in [-0.15, -0.1) is 0 Å². The SMILES string of the molecule is O=[N+]([O-])c1cccc2c1N[C@H](c1ccccc1Cl)[C@H]1CC=C[C@@H]21. The van der Waals surface area contributed by atoms with Crippen LogP contribution in [0.4, 0.5) is 11.4 Å². The van der Waals surface area contributed by atoms with Crippen LogP contribution in [-0.2, 0) is 0 Å². The molecule has 0 amide bonds. The first-order valence-corrected chi connectivity index (χ1v) is 7.99. The van der Waals surface area contributed by atoms with E-state index in [9.17, 15) is 10.1 Å². The van der Waals surface area contributed by atoms with Crippen molar-refractivity contribution in [1.82, 2.24) is 0 Å². The van der Waals surface area contributed by atoms with E-state index in [-0.39, 0.29) is 22.6 Å². The van der Waals surface area contributed by atoms with Gasteiger partial charge in [0.2, 0.25) is 0 Å². The number of nitrogens with zero attached hydrogens (tertiary/aromatic N) is 1. The summed E-state index contributed by atoms with van der Waals surface area (Å²) < 4.78 is 0. The van der Waals surface area contributed by atoms with E-state index in [1.165, 1.54) is 0 Å². The summed E-state index contributed by atoms with van der Waals surface area (Å²) in [6.07, 6.45) is 5.27. The van der Waals surface area contributed by atoms with Crippen LogP contribution in [0, 0.1) is 16.0 Å². The monoisotopic (exact) mass is 326 g/mol. The van der Waals surface area contributed by atoms with Crippen molar-refractivity contribution in [3.63, 3.8) is 0 Å². The quantitative estimate of drug-likeness (QED) is 0.476. The summed E-state index contributed by atoms with van der Waals surface area (Å²) in [5, 5.41) is 15.5. The summed E-state index contributed by atoms with van der Waals surface area (Å²) in [4.78, 5) is 11.1. The molecule has 116 valence electrons.